The Morgan fingerprint density at radius 1 is 1.02 bits per heavy atom. The average Bonchev–Trinajstić information content (AvgIpc) is 3.78. The van der Waals surface area contributed by atoms with Gasteiger partial charge in [-0.15, -0.1) is 0 Å². The first-order chi connectivity index (χ1) is 25.3. The van der Waals surface area contributed by atoms with E-state index in [-0.39, 0.29) is 28.1 Å². The van der Waals surface area contributed by atoms with Gasteiger partial charge in [-0.1, -0.05) is 92.5 Å². The first-order valence-electron chi connectivity index (χ1n) is 17.9. The van der Waals surface area contributed by atoms with Crippen molar-refractivity contribution in [2.75, 3.05) is 7.11 Å². The van der Waals surface area contributed by atoms with Gasteiger partial charge in [0.05, 0.1) is 27.9 Å². The lowest BCUT2D eigenvalue weighted by Gasteiger charge is -2.33. The minimum atomic E-state index is -1.83. The van der Waals surface area contributed by atoms with Gasteiger partial charge in [-0.05, 0) is 62.4 Å². The predicted molar refractivity (Wildman–Crippen MR) is 205 cm³/mol. The maximum absolute atomic E-state index is 14.2. The van der Waals surface area contributed by atoms with E-state index in [0.717, 1.165) is 5.57 Å². The first kappa shape index (κ1) is 42.8. The number of cyclic esters (lactones) is 1. The van der Waals surface area contributed by atoms with Crippen molar-refractivity contribution in [2.45, 2.75) is 109 Å². The summed E-state index contributed by atoms with van der Waals surface area (Å²) in [4.78, 5) is 55.8. The summed E-state index contributed by atoms with van der Waals surface area (Å²) in [5.74, 6) is -4.13. The van der Waals surface area contributed by atoms with Crippen LogP contribution in [0.25, 0.3) is 0 Å². The Balaban J connectivity index is 1.79. The van der Waals surface area contributed by atoms with E-state index in [1.807, 2.05) is 62.4 Å². The molecule has 0 radical (unpaired) electrons. The number of benzene rings is 2. The highest BCUT2D eigenvalue weighted by atomic mass is 35.5. The van der Waals surface area contributed by atoms with E-state index in [9.17, 15) is 29.4 Å². The van der Waals surface area contributed by atoms with Gasteiger partial charge in [-0.3, -0.25) is 14.4 Å². The van der Waals surface area contributed by atoms with E-state index < -0.39 is 77.2 Å². The van der Waals surface area contributed by atoms with E-state index >= 15 is 0 Å². The molecule has 0 spiro atoms. The minimum absolute atomic E-state index is 0.0827. The number of fused-ring (bicyclic) bond motifs is 1. The number of epoxide rings is 1. The Morgan fingerprint density at radius 3 is 2.22 bits per heavy atom. The molecule has 54 heavy (non-hydrogen) atoms. The van der Waals surface area contributed by atoms with Gasteiger partial charge < -0.3 is 40.4 Å². The van der Waals surface area contributed by atoms with Crippen LogP contribution in [0.4, 0.5) is 0 Å². The molecule has 1 saturated heterocycles. The fourth-order valence-electron chi connectivity index (χ4n) is 6.33. The molecule has 0 bridgehead atoms. The second-order valence-electron chi connectivity index (χ2n) is 15.1. The van der Waals surface area contributed by atoms with Crippen molar-refractivity contribution in [1.82, 2.24) is 16.0 Å². The quantitative estimate of drug-likeness (QED) is 0.197. The van der Waals surface area contributed by atoms with Gasteiger partial charge in [0.25, 0.3) is 5.91 Å². The Bertz CT molecular complexity index is 1740. The van der Waals surface area contributed by atoms with Crippen LogP contribution in [0.2, 0.25) is 10.0 Å². The number of methoxy groups -OCH3 is 1. The van der Waals surface area contributed by atoms with Crippen molar-refractivity contribution in [3.63, 3.8) is 0 Å². The molecule has 12 nitrogen and oxygen atoms in total. The zero-order valence-corrected chi connectivity index (χ0v) is 33.3. The fraction of sp³-hybridized carbons (Fsp3) is 0.500. The largest absolute Gasteiger partial charge is 0.505 e. The van der Waals surface area contributed by atoms with Crippen molar-refractivity contribution in [3.8, 4) is 5.75 Å². The summed E-state index contributed by atoms with van der Waals surface area (Å²) in [6.07, 6.45) is 4.05. The van der Waals surface area contributed by atoms with Crippen LogP contribution in [0.3, 0.4) is 0 Å². The number of carbonyl (C=O) groups is 4. The van der Waals surface area contributed by atoms with Gasteiger partial charge in [0, 0.05) is 25.9 Å². The van der Waals surface area contributed by atoms with Gasteiger partial charge in [-0.25, -0.2) is 4.79 Å². The molecule has 2 aromatic rings. The maximum atomic E-state index is 14.2. The van der Waals surface area contributed by atoms with Gasteiger partial charge in [0.15, 0.2) is 17.4 Å². The summed E-state index contributed by atoms with van der Waals surface area (Å²) >= 11 is 12.4. The van der Waals surface area contributed by atoms with Crippen LogP contribution in [0.1, 0.15) is 72.1 Å². The molecule has 5 N–H and O–H groups in total. The number of halogens is 2. The number of aliphatic hydroxyl groups is 1. The number of carbonyl (C=O) groups excluding carboxylic acids is 4. The second-order valence-corrected chi connectivity index (χ2v) is 15.9. The number of ether oxygens (including phenoxy) is 3. The van der Waals surface area contributed by atoms with Crippen LogP contribution in [0, 0.1) is 11.8 Å². The molecular formula is C40H51Cl2N3O9. The lowest BCUT2D eigenvalue weighted by Crippen LogP contribution is -2.61. The normalized spacial score (nSPS) is 30.7. The third kappa shape index (κ3) is 10.4. The Labute approximate surface area is 326 Å². The summed E-state index contributed by atoms with van der Waals surface area (Å²) < 4.78 is 17.8. The molecule has 0 aromatic heterocycles. The third-order valence-electron chi connectivity index (χ3n) is 9.85. The monoisotopic (exact) mass is 787 g/mol. The van der Waals surface area contributed by atoms with E-state index in [0.29, 0.717) is 17.5 Å². The smallest absolute Gasteiger partial charge is 0.332 e. The molecule has 0 saturated carbocycles. The molecule has 14 heteroatoms. The number of phenolic OH excluding ortho intramolecular Hbond substituents is 1. The standard InChI is InChI=1S/C40H51Cl2N3O9/c1-21(2)31-36(48)43-28(19-24-17-26(41)32(46)27(42)18-24)35(47)45-34(39(5,6)51)37(49)53-33(25-15-10-9-11-16-25)23(4)14-12-13-22(3)29(52-8)20-30-40(7,54-30)38(50)44-31/h9-18,21,23,28-31,33-34,46,51H,19-20H2,1-8H3,(H,43,48)(H,44,50)(H,45,47)/b14-12+,22-13+/t23-,28-,29-,30+,31+,33+,34-,40-/m1/s1. The molecule has 1 fully saturated rings. The summed E-state index contributed by atoms with van der Waals surface area (Å²) in [6, 6.07) is 7.78. The highest BCUT2D eigenvalue weighted by Crippen LogP contribution is 2.41. The molecule has 2 aromatic carbocycles. The number of amides is 3. The number of allylic oxidation sites excluding steroid dienone is 2. The molecular weight excluding hydrogens is 737 g/mol. The average molecular weight is 789 g/mol. The lowest BCUT2D eigenvalue weighted by molar-refractivity contribution is -0.162. The number of hydrogen-bond acceptors (Lipinski definition) is 9. The number of rotatable bonds is 6. The molecule has 0 unspecified atom stereocenters. The fourth-order valence-corrected chi connectivity index (χ4v) is 6.86. The summed E-state index contributed by atoms with van der Waals surface area (Å²) in [7, 11) is 1.57. The minimum Gasteiger partial charge on any atom is -0.505 e. The van der Waals surface area contributed by atoms with E-state index in [2.05, 4.69) is 16.0 Å². The van der Waals surface area contributed by atoms with Crippen LogP contribution in [0.15, 0.2) is 66.3 Å². The molecule has 0 aliphatic carbocycles. The van der Waals surface area contributed by atoms with Crippen molar-refractivity contribution in [2.24, 2.45) is 11.8 Å². The topological polar surface area (TPSA) is 176 Å². The lowest BCUT2D eigenvalue weighted by atomic mass is 9.94. The molecule has 294 valence electrons. The second kappa shape index (κ2) is 17.7. The Morgan fingerprint density at radius 2 is 1.65 bits per heavy atom. The van der Waals surface area contributed by atoms with Gasteiger partial charge >= 0.3 is 5.97 Å². The number of hydrogen-bond donors (Lipinski definition) is 5. The van der Waals surface area contributed by atoms with Gasteiger partial charge in [0.1, 0.15) is 18.2 Å². The van der Waals surface area contributed by atoms with Crippen LogP contribution >= 0.6 is 23.2 Å². The third-order valence-corrected chi connectivity index (χ3v) is 10.4. The van der Waals surface area contributed by atoms with Crippen molar-refractivity contribution >= 4 is 46.9 Å². The Hall–Kier alpha value is -3.94. The zero-order chi connectivity index (χ0) is 40.1. The number of phenols is 1. The van der Waals surface area contributed by atoms with E-state index in [1.54, 1.807) is 27.9 Å². The molecule has 2 heterocycles. The van der Waals surface area contributed by atoms with Crippen molar-refractivity contribution < 1.29 is 43.6 Å². The summed E-state index contributed by atoms with van der Waals surface area (Å²) in [5.41, 5.74) is -1.15. The number of aromatic hydroxyl groups is 1. The zero-order valence-electron chi connectivity index (χ0n) is 31.8. The predicted octanol–water partition coefficient (Wildman–Crippen LogP) is 5.12. The first-order valence-corrected chi connectivity index (χ1v) is 18.6. The summed E-state index contributed by atoms with van der Waals surface area (Å²) in [5, 5.41) is 29.3. The van der Waals surface area contributed by atoms with Crippen molar-refractivity contribution in [1.29, 1.82) is 0 Å². The van der Waals surface area contributed by atoms with Gasteiger partial charge in [0.2, 0.25) is 11.8 Å². The molecule has 3 amide bonds. The van der Waals surface area contributed by atoms with E-state index in [4.69, 9.17) is 37.4 Å². The van der Waals surface area contributed by atoms with E-state index in [1.165, 1.54) is 26.0 Å². The highest BCUT2D eigenvalue weighted by Gasteiger charge is 2.59. The molecule has 2 aliphatic rings. The van der Waals surface area contributed by atoms with Crippen molar-refractivity contribution in [3.05, 3.63) is 87.4 Å². The molecule has 2 aliphatic heterocycles. The van der Waals surface area contributed by atoms with Crippen LogP contribution in [-0.4, -0.2) is 82.5 Å². The molecule has 8 atom stereocenters. The SMILES string of the molecule is CO[C@@H]1C[C@@H]2O[C@@]2(C)C(=O)N[C@@H](C(C)C)C(=O)N[C@H](Cc2cc(Cl)c(O)c(Cl)c2)C(=O)N[C@@H](C(C)(C)O)C(=O)O[C@H](c2ccccc2)[C@H](C)/C=C/C=C/1C. The maximum Gasteiger partial charge on any atom is 0.332 e. The summed E-state index contributed by atoms with van der Waals surface area (Å²) in [6.45, 7) is 11.6. The number of nitrogens with one attached hydrogen (secondary N) is 3. The Kier molecular flexibility index (Phi) is 14.0. The van der Waals surface area contributed by atoms with Crippen LogP contribution < -0.4 is 16.0 Å². The molecule has 4 rings (SSSR count). The number of esters is 1. The van der Waals surface area contributed by atoms with Crippen LogP contribution in [-0.2, 0) is 39.8 Å². The van der Waals surface area contributed by atoms with Crippen LogP contribution in [0.5, 0.6) is 5.75 Å². The van der Waals surface area contributed by atoms with Gasteiger partial charge in [-0.2, -0.15) is 0 Å². The highest BCUT2D eigenvalue weighted by molar-refractivity contribution is 6.37.